The summed E-state index contributed by atoms with van der Waals surface area (Å²) in [4.78, 5) is 13.8. The van der Waals surface area contributed by atoms with Crippen molar-refractivity contribution in [1.82, 2.24) is 20.0 Å². The predicted octanol–water partition coefficient (Wildman–Crippen LogP) is 0.706. The summed E-state index contributed by atoms with van der Waals surface area (Å²) in [5.41, 5.74) is 1.06. The van der Waals surface area contributed by atoms with Gasteiger partial charge in [0.2, 0.25) is 5.91 Å². The second-order valence-corrected chi connectivity index (χ2v) is 5.37. The number of likely N-dealkylation sites (N-methyl/N-ethyl adjacent to an activating group) is 1. The van der Waals surface area contributed by atoms with Gasteiger partial charge in [0, 0.05) is 45.4 Å². The molecule has 1 aliphatic rings. The van der Waals surface area contributed by atoms with Gasteiger partial charge in [0.05, 0.1) is 18.3 Å². The lowest BCUT2D eigenvalue weighted by molar-refractivity contribution is -0.127. The fraction of sp³-hybridized carbons (Fsp3) is 0.714. The molecule has 0 spiro atoms. The van der Waals surface area contributed by atoms with Gasteiger partial charge in [0.25, 0.3) is 0 Å². The van der Waals surface area contributed by atoms with Crippen molar-refractivity contribution in [2.45, 2.75) is 38.4 Å². The smallest absolute Gasteiger partial charge is 0.224 e. The van der Waals surface area contributed by atoms with Gasteiger partial charge in [-0.3, -0.25) is 9.48 Å². The van der Waals surface area contributed by atoms with Crippen LogP contribution in [0, 0.1) is 0 Å². The van der Waals surface area contributed by atoms with Crippen LogP contribution in [0.4, 0.5) is 0 Å². The summed E-state index contributed by atoms with van der Waals surface area (Å²) in [6.45, 7) is 5.43. The molecule has 1 saturated heterocycles. The molecule has 2 rings (SSSR count). The van der Waals surface area contributed by atoms with Crippen LogP contribution in [0.1, 0.15) is 32.0 Å². The van der Waals surface area contributed by atoms with E-state index >= 15 is 0 Å². The lowest BCUT2D eigenvalue weighted by atomic mass is 10.0. The molecule has 2 heterocycles. The van der Waals surface area contributed by atoms with E-state index in [-0.39, 0.29) is 24.0 Å². The normalized spacial score (nSPS) is 24.4. The maximum absolute atomic E-state index is 12.0. The molecule has 6 nitrogen and oxygen atoms in total. The van der Waals surface area contributed by atoms with E-state index in [9.17, 15) is 4.79 Å². The molecule has 3 atom stereocenters. The highest BCUT2D eigenvalue weighted by Gasteiger charge is 2.40. The molecule has 1 fully saturated rings. The summed E-state index contributed by atoms with van der Waals surface area (Å²) < 4.78 is 7.27. The van der Waals surface area contributed by atoms with Gasteiger partial charge in [0.15, 0.2) is 0 Å². The highest BCUT2D eigenvalue weighted by atomic mass is 16.5. The van der Waals surface area contributed by atoms with Crippen LogP contribution in [0.25, 0.3) is 0 Å². The molecule has 6 heteroatoms. The minimum Gasteiger partial charge on any atom is -0.380 e. The van der Waals surface area contributed by atoms with Crippen molar-refractivity contribution in [3.63, 3.8) is 0 Å². The largest absolute Gasteiger partial charge is 0.380 e. The third kappa shape index (κ3) is 3.02. The number of hydrogen-bond donors (Lipinski definition) is 1. The van der Waals surface area contributed by atoms with Gasteiger partial charge in [-0.25, -0.2) is 0 Å². The van der Waals surface area contributed by atoms with Crippen LogP contribution < -0.4 is 5.32 Å². The molecule has 1 aromatic rings. The van der Waals surface area contributed by atoms with Crippen molar-refractivity contribution in [3.05, 3.63) is 18.0 Å². The highest BCUT2D eigenvalue weighted by Crippen LogP contribution is 2.31. The number of aromatic nitrogens is 2. The fourth-order valence-corrected chi connectivity index (χ4v) is 2.81. The number of ether oxygens (including phenoxy) is 1. The number of likely N-dealkylation sites (tertiary alicyclic amines) is 1. The summed E-state index contributed by atoms with van der Waals surface area (Å²) in [7, 11) is 3.77. The zero-order chi connectivity index (χ0) is 14.7. The van der Waals surface area contributed by atoms with Gasteiger partial charge < -0.3 is 15.0 Å². The van der Waals surface area contributed by atoms with Crippen LogP contribution in [0.5, 0.6) is 0 Å². The van der Waals surface area contributed by atoms with Crippen molar-refractivity contribution in [2.75, 3.05) is 20.3 Å². The summed E-state index contributed by atoms with van der Waals surface area (Å²) in [5, 5.41) is 7.72. The Kier molecular flexibility index (Phi) is 4.77. The Morgan fingerprint density at radius 2 is 2.30 bits per heavy atom. The van der Waals surface area contributed by atoms with E-state index in [0.29, 0.717) is 19.6 Å². The third-order valence-corrected chi connectivity index (χ3v) is 3.82. The van der Waals surface area contributed by atoms with E-state index in [1.54, 1.807) is 6.20 Å². The first kappa shape index (κ1) is 15.0. The second-order valence-electron chi connectivity index (χ2n) is 5.37. The maximum atomic E-state index is 12.0. The maximum Gasteiger partial charge on any atom is 0.224 e. The molecular weight excluding hydrogens is 256 g/mol. The van der Waals surface area contributed by atoms with E-state index in [0.717, 1.165) is 5.69 Å². The molecule has 20 heavy (non-hydrogen) atoms. The second kappa shape index (κ2) is 6.37. The van der Waals surface area contributed by atoms with Crippen molar-refractivity contribution >= 4 is 5.91 Å². The summed E-state index contributed by atoms with van der Waals surface area (Å²) in [6.07, 6.45) is 2.29. The Bertz CT molecular complexity index is 460. The fourth-order valence-electron chi connectivity index (χ4n) is 2.81. The summed E-state index contributed by atoms with van der Waals surface area (Å²) in [5.74, 6) is 0.164. The van der Waals surface area contributed by atoms with Gasteiger partial charge in [-0.05, 0) is 19.9 Å². The van der Waals surface area contributed by atoms with Crippen molar-refractivity contribution < 1.29 is 9.53 Å². The van der Waals surface area contributed by atoms with Crippen molar-refractivity contribution in [2.24, 2.45) is 7.05 Å². The summed E-state index contributed by atoms with van der Waals surface area (Å²) >= 11 is 0. The lowest BCUT2D eigenvalue weighted by Crippen LogP contribution is -2.42. The molecule has 112 valence electrons. The van der Waals surface area contributed by atoms with Gasteiger partial charge in [-0.15, -0.1) is 0 Å². The molecule has 1 unspecified atom stereocenters. The van der Waals surface area contributed by atoms with E-state index in [1.165, 1.54) is 0 Å². The highest BCUT2D eigenvalue weighted by molar-refractivity contribution is 5.80. The Hall–Kier alpha value is -1.40. The van der Waals surface area contributed by atoms with E-state index in [4.69, 9.17) is 4.74 Å². The van der Waals surface area contributed by atoms with Gasteiger partial charge in [0.1, 0.15) is 0 Å². The summed E-state index contributed by atoms with van der Waals surface area (Å²) in [6, 6.07) is 2.31. The molecular formula is C14H24N4O2. The number of carbonyl (C=O) groups is 1. The van der Waals surface area contributed by atoms with Gasteiger partial charge >= 0.3 is 0 Å². The van der Waals surface area contributed by atoms with Crippen LogP contribution >= 0.6 is 0 Å². The molecule has 0 bridgehead atoms. The topological polar surface area (TPSA) is 59.4 Å². The van der Waals surface area contributed by atoms with E-state index in [1.807, 2.05) is 36.7 Å². The van der Waals surface area contributed by atoms with E-state index < -0.39 is 0 Å². The molecule has 1 amide bonds. The molecule has 0 aliphatic carbocycles. The zero-order valence-electron chi connectivity index (χ0n) is 12.7. The minimum atomic E-state index is 0.0269. The van der Waals surface area contributed by atoms with E-state index in [2.05, 4.69) is 17.3 Å². The first-order chi connectivity index (χ1) is 9.54. The minimum absolute atomic E-state index is 0.0269. The van der Waals surface area contributed by atoms with Crippen LogP contribution in [-0.2, 0) is 16.6 Å². The Morgan fingerprint density at radius 1 is 1.55 bits per heavy atom. The molecule has 0 aromatic carbocycles. The number of carbonyl (C=O) groups excluding carboxylic acids is 1. The monoisotopic (exact) mass is 280 g/mol. The Balaban J connectivity index is 2.10. The van der Waals surface area contributed by atoms with Crippen molar-refractivity contribution in [3.8, 4) is 0 Å². The predicted molar refractivity (Wildman–Crippen MR) is 76.2 cm³/mol. The molecule has 0 saturated carbocycles. The number of hydrogen-bond acceptors (Lipinski definition) is 4. The number of nitrogens with one attached hydrogen (secondary N) is 1. The average Bonchev–Trinajstić information content (AvgIpc) is 2.92. The SMILES string of the molecule is CCOCC(C)N[C@@H]1CC(=O)N(C)[C@H]1c1ccnn1C. The average molecular weight is 280 g/mol. The molecule has 1 aromatic heterocycles. The third-order valence-electron chi connectivity index (χ3n) is 3.82. The van der Waals surface area contributed by atoms with Crippen LogP contribution in [-0.4, -0.2) is 52.9 Å². The molecule has 1 aliphatic heterocycles. The first-order valence-electron chi connectivity index (χ1n) is 7.12. The lowest BCUT2D eigenvalue weighted by Gasteiger charge is -2.28. The van der Waals surface area contributed by atoms with Crippen LogP contribution in [0.15, 0.2) is 12.3 Å². The van der Waals surface area contributed by atoms with Crippen molar-refractivity contribution in [1.29, 1.82) is 0 Å². The molecule has 0 radical (unpaired) electrons. The van der Waals surface area contributed by atoms with Gasteiger partial charge in [-0.1, -0.05) is 0 Å². The number of aryl methyl sites for hydroxylation is 1. The quantitative estimate of drug-likeness (QED) is 0.833. The zero-order valence-corrected chi connectivity index (χ0v) is 12.7. The number of rotatable bonds is 6. The number of amides is 1. The standard InChI is InChI=1S/C14H24N4O2/c1-5-20-9-10(2)16-11-8-13(19)17(3)14(11)12-6-7-15-18(12)4/h6-7,10-11,14,16H,5,8-9H2,1-4H3/t10?,11-,14-/m1/s1. The Labute approximate surface area is 120 Å². The number of nitrogens with zero attached hydrogens (tertiary/aromatic N) is 3. The Morgan fingerprint density at radius 3 is 2.90 bits per heavy atom. The van der Waals surface area contributed by atoms with Gasteiger partial charge in [-0.2, -0.15) is 5.10 Å². The first-order valence-corrected chi connectivity index (χ1v) is 7.12. The van der Waals surface area contributed by atoms with Crippen LogP contribution in [0.3, 0.4) is 0 Å². The molecule has 1 N–H and O–H groups in total. The van der Waals surface area contributed by atoms with Crippen LogP contribution in [0.2, 0.25) is 0 Å².